The predicted octanol–water partition coefficient (Wildman–Crippen LogP) is 3.28. The Morgan fingerprint density at radius 1 is 1.10 bits per heavy atom. The van der Waals surface area contributed by atoms with Gasteiger partial charge in [0.1, 0.15) is 0 Å². The summed E-state index contributed by atoms with van der Waals surface area (Å²) in [6.45, 7) is 2.12. The molecule has 0 saturated heterocycles. The van der Waals surface area contributed by atoms with Gasteiger partial charge in [0.25, 0.3) is 0 Å². The molecule has 0 aliphatic carbocycles. The van der Waals surface area contributed by atoms with Gasteiger partial charge in [0, 0.05) is 19.4 Å². The summed E-state index contributed by atoms with van der Waals surface area (Å²) in [5.74, 6) is 1.43. The lowest BCUT2D eigenvalue weighted by Crippen LogP contribution is -2.17. The summed E-state index contributed by atoms with van der Waals surface area (Å²) in [6.07, 6.45) is -3.88. The molecule has 6 heteroatoms. The number of fused-ring (bicyclic) bond motifs is 1. The van der Waals surface area contributed by atoms with Gasteiger partial charge in [0.05, 0.1) is 13.2 Å². The van der Waals surface area contributed by atoms with Gasteiger partial charge in [0.2, 0.25) is 0 Å². The third-order valence-electron chi connectivity index (χ3n) is 2.95. The van der Waals surface area contributed by atoms with Crippen molar-refractivity contribution in [2.75, 3.05) is 19.8 Å². The Hall–Kier alpha value is -1.43. The van der Waals surface area contributed by atoms with E-state index in [0.29, 0.717) is 32.1 Å². The molecule has 1 aromatic rings. The smallest absolute Gasteiger partial charge is 0.389 e. The first-order valence-electron chi connectivity index (χ1n) is 6.70. The quantitative estimate of drug-likeness (QED) is 0.844. The molecular weight excluding hydrogens is 271 g/mol. The first-order valence-corrected chi connectivity index (χ1v) is 6.70. The zero-order chi connectivity index (χ0) is 14.4. The minimum Gasteiger partial charge on any atom is -0.490 e. The highest BCUT2D eigenvalue weighted by molar-refractivity contribution is 5.43. The monoisotopic (exact) mass is 289 g/mol. The summed E-state index contributed by atoms with van der Waals surface area (Å²) < 4.78 is 47.0. The fraction of sp³-hybridized carbons (Fsp3) is 0.571. The summed E-state index contributed by atoms with van der Waals surface area (Å²) in [7, 11) is 0. The van der Waals surface area contributed by atoms with Crippen molar-refractivity contribution >= 4 is 0 Å². The number of nitrogens with one attached hydrogen (secondary N) is 1. The van der Waals surface area contributed by atoms with Gasteiger partial charge in [-0.1, -0.05) is 6.07 Å². The zero-order valence-corrected chi connectivity index (χ0v) is 11.1. The van der Waals surface area contributed by atoms with Gasteiger partial charge in [-0.3, -0.25) is 0 Å². The van der Waals surface area contributed by atoms with Crippen LogP contribution in [0.3, 0.4) is 0 Å². The van der Waals surface area contributed by atoms with Gasteiger partial charge in [-0.05, 0) is 30.7 Å². The highest BCUT2D eigenvalue weighted by Gasteiger charge is 2.25. The molecule has 1 aliphatic heterocycles. The molecule has 1 aromatic carbocycles. The Kier molecular flexibility index (Phi) is 5.11. The van der Waals surface area contributed by atoms with Crippen molar-refractivity contribution in [3.8, 4) is 11.5 Å². The summed E-state index contributed by atoms with van der Waals surface area (Å²) in [5.41, 5.74) is 0.973. The van der Waals surface area contributed by atoms with Crippen LogP contribution in [0.5, 0.6) is 11.5 Å². The number of hydrogen-bond acceptors (Lipinski definition) is 3. The van der Waals surface area contributed by atoms with Crippen LogP contribution in [0.25, 0.3) is 0 Å². The molecule has 1 aliphatic rings. The lowest BCUT2D eigenvalue weighted by Gasteiger charge is -2.10. The van der Waals surface area contributed by atoms with E-state index in [4.69, 9.17) is 9.47 Å². The van der Waals surface area contributed by atoms with Crippen molar-refractivity contribution in [3.05, 3.63) is 23.8 Å². The van der Waals surface area contributed by atoms with Gasteiger partial charge in [-0.2, -0.15) is 13.2 Å². The zero-order valence-electron chi connectivity index (χ0n) is 11.1. The van der Waals surface area contributed by atoms with E-state index >= 15 is 0 Å². The molecular formula is C14H18F3NO2. The predicted molar refractivity (Wildman–Crippen MR) is 69.0 cm³/mol. The van der Waals surface area contributed by atoms with Crippen molar-refractivity contribution in [2.24, 2.45) is 0 Å². The highest BCUT2D eigenvalue weighted by atomic mass is 19.4. The second kappa shape index (κ2) is 6.83. The van der Waals surface area contributed by atoms with Gasteiger partial charge < -0.3 is 14.8 Å². The Balaban J connectivity index is 1.77. The van der Waals surface area contributed by atoms with Crippen LogP contribution in [0, 0.1) is 0 Å². The van der Waals surface area contributed by atoms with E-state index in [1.54, 1.807) is 0 Å². The molecule has 0 amide bonds. The number of halogens is 3. The van der Waals surface area contributed by atoms with Crippen molar-refractivity contribution in [2.45, 2.75) is 32.0 Å². The molecule has 0 unspecified atom stereocenters. The summed E-state index contributed by atoms with van der Waals surface area (Å²) >= 11 is 0. The molecule has 3 nitrogen and oxygen atoms in total. The summed E-state index contributed by atoms with van der Waals surface area (Å²) in [6, 6.07) is 5.61. The molecule has 1 heterocycles. The maximum Gasteiger partial charge on any atom is 0.389 e. The van der Waals surface area contributed by atoms with Crippen molar-refractivity contribution in [1.82, 2.24) is 5.32 Å². The maximum absolute atomic E-state index is 12.0. The van der Waals surface area contributed by atoms with Gasteiger partial charge >= 0.3 is 6.18 Å². The molecule has 0 atom stereocenters. The maximum atomic E-state index is 12.0. The Morgan fingerprint density at radius 3 is 2.60 bits per heavy atom. The van der Waals surface area contributed by atoms with Gasteiger partial charge in [-0.25, -0.2) is 0 Å². The SMILES string of the molecule is FC(F)(F)CCCNCc1ccc2c(c1)OCCCO2. The lowest BCUT2D eigenvalue weighted by molar-refractivity contribution is -0.135. The standard InChI is InChI=1S/C14H18F3NO2/c15-14(16,17)5-1-6-18-10-11-3-4-12-13(9-11)20-8-2-7-19-12/h3-4,9,18H,1-2,5-8,10H2. The van der Waals surface area contributed by atoms with Crippen LogP contribution in [-0.2, 0) is 6.54 Å². The molecule has 0 bridgehead atoms. The molecule has 0 radical (unpaired) electrons. The lowest BCUT2D eigenvalue weighted by atomic mass is 10.2. The average molecular weight is 289 g/mol. The van der Waals surface area contributed by atoms with E-state index in [1.807, 2.05) is 18.2 Å². The van der Waals surface area contributed by atoms with Crippen LogP contribution in [0.4, 0.5) is 13.2 Å². The molecule has 1 N–H and O–H groups in total. The van der Waals surface area contributed by atoms with E-state index in [9.17, 15) is 13.2 Å². The summed E-state index contributed by atoms with van der Waals surface area (Å²) in [4.78, 5) is 0. The third-order valence-corrected chi connectivity index (χ3v) is 2.95. The minimum atomic E-state index is -4.07. The van der Waals surface area contributed by atoms with Crippen LogP contribution >= 0.6 is 0 Å². The van der Waals surface area contributed by atoms with Crippen molar-refractivity contribution in [3.63, 3.8) is 0 Å². The fourth-order valence-electron chi connectivity index (χ4n) is 1.96. The number of benzene rings is 1. The van der Waals surface area contributed by atoms with Gasteiger partial charge in [-0.15, -0.1) is 0 Å². The molecule has 0 saturated carbocycles. The minimum absolute atomic E-state index is 0.0913. The van der Waals surface area contributed by atoms with Crippen LogP contribution < -0.4 is 14.8 Å². The van der Waals surface area contributed by atoms with Crippen LogP contribution in [0.1, 0.15) is 24.8 Å². The number of hydrogen-bond donors (Lipinski definition) is 1. The first kappa shape index (κ1) is 15.0. The van der Waals surface area contributed by atoms with Crippen LogP contribution in [-0.4, -0.2) is 25.9 Å². The van der Waals surface area contributed by atoms with Crippen LogP contribution in [0.15, 0.2) is 18.2 Å². The normalized spacial score (nSPS) is 14.9. The first-order chi connectivity index (χ1) is 9.54. The molecule has 2 rings (SSSR count). The van der Waals surface area contributed by atoms with Crippen molar-refractivity contribution < 1.29 is 22.6 Å². The van der Waals surface area contributed by atoms with Crippen LogP contribution in [0.2, 0.25) is 0 Å². The van der Waals surface area contributed by atoms with E-state index < -0.39 is 12.6 Å². The largest absolute Gasteiger partial charge is 0.490 e. The van der Waals surface area contributed by atoms with Crippen molar-refractivity contribution in [1.29, 1.82) is 0 Å². The number of rotatable bonds is 5. The molecule has 20 heavy (non-hydrogen) atoms. The topological polar surface area (TPSA) is 30.5 Å². The molecule has 0 spiro atoms. The second-order valence-corrected chi connectivity index (χ2v) is 4.73. The van der Waals surface area contributed by atoms with E-state index in [-0.39, 0.29) is 6.42 Å². The Morgan fingerprint density at radius 2 is 1.85 bits per heavy atom. The molecule has 112 valence electrons. The third kappa shape index (κ3) is 4.92. The molecule has 0 aromatic heterocycles. The second-order valence-electron chi connectivity index (χ2n) is 4.73. The number of alkyl halides is 3. The number of ether oxygens (including phenoxy) is 2. The van der Waals surface area contributed by atoms with E-state index in [0.717, 1.165) is 17.7 Å². The fourth-order valence-corrected chi connectivity index (χ4v) is 1.96. The summed E-state index contributed by atoms with van der Waals surface area (Å²) in [5, 5.41) is 3.00. The van der Waals surface area contributed by atoms with Gasteiger partial charge in [0.15, 0.2) is 11.5 Å². The van der Waals surface area contributed by atoms with E-state index in [2.05, 4.69) is 5.32 Å². The average Bonchev–Trinajstić information content (AvgIpc) is 2.61. The van der Waals surface area contributed by atoms with E-state index in [1.165, 1.54) is 0 Å². The Bertz CT molecular complexity index is 435. The highest BCUT2D eigenvalue weighted by Crippen LogP contribution is 2.30. The Labute approximate surface area is 116 Å². The molecule has 0 fully saturated rings.